The maximum Gasteiger partial charge on any atom is 0.241 e. The summed E-state index contributed by atoms with van der Waals surface area (Å²) in [4.78, 5) is 0.543. The Bertz CT molecular complexity index is 651. The van der Waals surface area contributed by atoms with Crippen LogP contribution in [-0.2, 0) is 29.3 Å². The first-order valence-corrected chi connectivity index (χ1v) is 12.3. The van der Waals surface area contributed by atoms with Gasteiger partial charge in [0.05, 0.1) is 4.90 Å². The number of nitrogens with one attached hydrogen (secondary N) is 1. The van der Waals surface area contributed by atoms with E-state index in [0.717, 1.165) is 62.5 Å². The molecule has 0 spiro atoms. The SMILES string of the molecule is CCCC/C=C/CCNS(=O)(=O)c1c(CCC)cc(CCC)cc1CCC. The van der Waals surface area contributed by atoms with Crippen molar-refractivity contribution in [3.05, 3.63) is 41.0 Å². The Balaban J connectivity index is 3.03. The van der Waals surface area contributed by atoms with E-state index < -0.39 is 10.0 Å². The van der Waals surface area contributed by atoms with Gasteiger partial charge in [-0.3, -0.25) is 0 Å². The molecule has 0 bridgehead atoms. The molecule has 27 heavy (non-hydrogen) atoms. The van der Waals surface area contributed by atoms with Crippen molar-refractivity contribution >= 4 is 10.0 Å². The van der Waals surface area contributed by atoms with Crippen LogP contribution in [0.4, 0.5) is 0 Å². The summed E-state index contributed by atoms with van der Waals surface area (Å²) in [6.07, 6.45) is 14.0. The summed E-state index contributed by atoms with van der Waals surface area (Å²) in [5.74, 6) is 0. The van der Waals surface area contributed by atoms with Gasteiger partial charge in [0.25, 0.3) is 0 Å². The average Bonchev–Trinajstić information content (AvgIpc) is 2.61. The molecule has 0 saturated carbocycles. The lowest BCUT2D eigenvalue weighted by Gasteiger charge is -2.17. The Hall–Kier alpha value is -1.13. The molecular formula is C23H39NO2S. The van der Waals surface area contributed by atoms with Crippen LogP contribution in [0.25, 0.3) is 0 Å². The number of sulfonamides is 1. The number of hydrogen-bond donors (Lipinski definition) is 1. The van der Waals surface area contributed by atoms with Crippen LogP contribution in [-0.4, -0.2) is 15.0 Å². The summed E-state index contributed by atoms with van der Waals surface area (Å²) in [5.41, 5.74) is 3.23. The fraction of sp³-hybridized carbons (Fsp3) is 0.652. The number of allylic oxidation sites excluding steroid dienone is 1. The zero-order chi connectivity index (χ0) is 20.1. The highest BCUT2D eigenvalue weighted by molar-refractivity contribution is 7.89. The van der Waals surface area contributed by atoms with Crippen molar-refractivity contribution in [3.8, 4) is 0 Å². The van der Waals surface area contributed by atoms with Crippen LogP contribution >= 0.6 is 0 Å². The first-order chi connectivity index (χ1) is 13.0. The molecule has 0 aromatic heterocycles. The predicted molar refractivity (Wildman–Crippen MR) is 117 cm³/mol. The van der Waals surface area contributed by atoms with E-state index in [0.29, 0.717) is 11.4 Å². The van der Waals surface area contributed by atoms with Crippen molar-refractivity contribution in [2.24, 2.45) is 0 Å². The smallest absolute Gasteiger partial charge is 0.211 e. The van der Waals surface area contributed by atoms with Gasteiger partial charge in [-0.05, 0) is 48.8 Å². The summed E-state index contributed by atoms with van der Waals surface area (Å²) >= 11 is 0. The standard InChI is InChI=1S/C23H39NO2S/c1-5-9-10-11-12-13-17-24-27(25,26)23-21(15-7-3)18-20(14-6-2)19-22(23)16-8-4/h11-12,18-19,24H,5-10,13-17H2,1-4H3/b12-11+. The molecule has 1 aromatic carbocycles. The second-order valence-corrected chi connectivity index (χ2v) is 9.00. The predicted octanol–water partition coefficient (Wildman–Crippen LogP) is 5.96. The minimum atomic E-state index is -3.48. The van der Waals surface area contributed by atoms with Gasteiger partial charge in [0.1, 0.15) is 0 Å². The highest BCUT2D eigenvalue weighted by Crippen LogP contribution is 2.26. The van der Waals surface area contributed by atoms with Gasteiger partial charge in [-0.15, -0.1) is 0 Å². The minimum absolute atomic E-state index is 0.457. The molecule has 1 aromatic rings. The fourth-order valence-electron chi connectivity index (χ4n) is 3.42. The van der Waals surface area contributed by atoms with Gasteiger partial charge < -0.3 is 0 Å². The first-order valence-electron chi connectivity index (χ1n) is 10.8. The molecule has 0 aliphatic heterocycles. The highest BCUT2D eigenvalue weighted by atomic mass is 32.2. The van der Waals surface area contributed by atoms with Crippen molar-refractivity contribution in [2.75, 3.05) is 6.54 Å². The first kappa shape index (κ1) is 23.9. The molecule has 1 N–H and O–H groups in total. The van der Waals surface area contributed by atoms with E-state index in [1.807, 2.05) is 0 Å². The van der Waals surface area contributed by atoms with Crippen LogP contribution in [0, 0.1) is 0 Å². The number of benzene rings is 1. The van der Waals surface area contributed by atoms with Gasteiger partial charge in [0.2, 0.25) is 10.0 Å². The summed E-state index contributed by atoms with van der Waals surface area (Å²) in [7, 11) is -3.48. The van der Waals surface area contributed by atoms with E-state index in [1.165, 1.54) is 18.4 Å². The topological polar surface area (TPSA) is 46.2 Å². The van der Waals surface area contributed by atoms with Gasteiger partial charge in [-0.1, -0.05) is 84.1 Å². The highest BCUT2D eigenvalue weighted by Gasteiger charge is 2.22. The Morgan fingerprint density at radius 1 is 0.815 bits per heavy atom. The van der Waals surface area contributed by atoms with Gasteiger partial charge in [0, 0.05) is 6.54 Å². The third-order valence-electron chi connectivity index (χ3n) is 4.64. The molecule has 0 radical (unpaired) electrons. The summed E-state index contributed by atoms with van der Waals surface area (Å²) < 4.78 is 29.0. The summed E-state index contributed by atoms with van der Waals surface area (Å²) in [6.45, 7) is 9.02. The molecule has 0 saturated heterocycles. The van der Waals surface area contributed by atoms with E-state index in [9.17, 15) is 8.42 Å². The molecule has 0 aliphatic carbocycles. The Labute approximate surface area is 167 Å². The third kappa shape index (κ3) is 8.18. The Kier molecular flexibility index (Phi) is 11.6. The molecule has 0 unspecified atom stereocenters. The molecule has 0 atom stereocenters. The molecule has 0 amide bonds. The second kappa shape index (κ2) is 13.1. The summed E-state index contributed by atoms with van der Waals surface area (Å²) in [6, 6.07) is 4.23. The van der Waals surface area contributed by atoms with Gasteiger partial charge in [-0.2, -0.15) is 0 Å². The largest absolute Gasteiger partial charge is 0.241 e. The molecule has 4 heteroatoms. The van der Waals surface area contributed by atoms with Crippen LogP contribution < -0.4 is 4.72 Å². The molecule has 154 valence electrons. The number of rotatable bonds is 14. The number of hydrogen-bond acceptors (Lipinski definition) is 2. The normalized spacial score (nSPS) is 12.1. The van der Waals surface area contributed by atoms with Gasteiger partial charge in [0.15, 0.2) is 0 Å². The zero-order valence-electron chi connectivity index (χ0n) is 17.8. The molecule has 3 nitrogen and oxygen atoms in total. The van der Waals surface area contributed by atoms with Crippen molar-refractivity contribution in [1.29, 1.82) is 0 Å². The maximum absolute atomic E-state index is 13.1. The zero-order valence-corrected chi connectivity index (χ0v) is 18.6. The van der Waals surface area contributed by atoms with E-state index in [4.69, 9.17) is 0 Å². The van der Waals surface area contributed by atoms with Crippen molar-refractivity contribution < 1.29 is 8.42 Å². The lowest BCUT2D eigenvalue weighted by molar-refractivity contribution is 0.579. The Morgan fingerprint density at radius 2 is 1.37 bits per heavy atom. The second-order valence-electron chi connectivity index (χ2n) is 7.29. The minimum Gasteiger partial charge on any atom is -0.211 e. The monoisotopic (exact) mass is 393 g/mol. The maximum atomic E-state index is 13.1. The Morgan fingerprint density at radius 3 is 1.89 bits per heavy atom. The van der Waals surface area contributed by atoms with Crippen molar-refractivity contribution in [2.45, 2.75) is 96.8 Å². The number of unbranched alkanes of at least 4 members (excludes halogenated alkanes) is 2. The number of aryl methyl sites for hydroxylation is 3. The lowest BCUT2D eigenvalue weighted by Crippen LogP contribution is -2.27. The molecule has 1 rings (SSSR count). The van der Waals surface area contributed by atoms with Crippen LogP contribution in [0.2, 0.25) is 0 Å². The van der Waals surface area contributed by atoms with Crippen LogP contribution in [0.15, 0.2) is 29.2 Å². The van der Waals surface area contributed by atoms with Gasteiger partial charge in [-0.25, -0.2) is 13.1 Å². The molecule has 0 fully saturated rings. The van der Waals surface area contributed by atoms with Crippen LogP contribution in [0.5, 0.6) is 0 Å². The van der Waals surface area contributed by atoms with Crippen LogP contribution in [0.1, 0.15) is 89.3 Å². The average molecular weight is 394 g/mol. The van der Waals surface area contributed by atoms with E-state index in [2.05, 4.69) is 56.7 Å². The molecule has 0 heterocycles. The quantitative estimate of drug-likeness (QED) is 0.313. The third-order valence-corrected chi connectivity index (χ3v) is 6.29. The van der Waals surface area contributed by atoms with E-state index >= 15 is 0 Å². The molecule has 0 aliphatic rings. The summed E-state index contributed by atoms with van der Waals surface area (Å²) in [5, 5.41) is 0. The fourth-order valence-corrected chi connectivity index (χ4v) is 4.96. The van der Waals surface area contributed by atoms with Crippen LogP contribution in [0.3, 0.4) is 0 Å². The van der Waals surface area contributed by atoms with Crippen molar-refractivity contribution in [3.63, 3.8) is 0 Å². The van der Waals surface area contributed by atoms with E-state index in [-0.39, 0.29) is 0 Å². The lowest BCUT2D eigenvalue weighted by atomic mass is 9.97. The van der Waals surface area contributed by atoms with Gasteiger partial charge >= 0.3 is 0 Å². The van der Waals surface area contributed by atoms with Crippen molar-refractivity contribution in [1.82, 2.24) is 4.72 Å². The molecular weight excluding hydrogens is 354 g/mol. The van der Waals surface area contributed by atoms with E-state index in [1.54, 1.807) is 0 Å².